The minimum atomic E-state index is -3.93. The van der Waals surface area contributed by atoms with Crippen molar-refractivity contribution in [3.05, 3.63) is 58.9 Å². The molecule has 0 saturated carbocycles. The highest BCUT2D eigenvalue weighted by atomic mass is 35.5. The third-order valence-electron chi connectivity index (χ3n) is 4.87. The molecule has 11 heteroatoms. The Bertz CT molecular complexity index is 1100. The van der Waals surface area contributed by atoms with Crippen LogP contribution in [0.5, 0.6) is 5.75 Å². The van der Waals surface area contributed by atoms with Gasteiger partial charge in [0.2, 0.25) is 21.8 Å². The van der Waals surface area contributed by atoms with Gasteiger partial charge in [-0.05, 0) is 49.7 Å². The van der Waals surface area contributed by atoms with Gasteiger partial charge in [0.05, 0.1) is 19.1 Å². The van der Waals surface area contributed by atoms with Crippen molar-refractivity contribution >= 4 is 39.1 Å². The summed E-state index contributed by atoms with van der Waals surface area (Å²) in [4.78, 5) is 27.1. The van der Waals surface area contributed by atoms with E-state index < -0.39 is 40.2 Å². The van der Waals surface area contributed by atoms with Gasteiger partial charge in [0.1, 0.15) is 24.2 Å². The Hall–Kier alpha value is -2.85. The Morgan fingerprint density at radius 1 is 1.18 bits per heavy atom. The molecule has 1 atom stereocenters. The van der Waals surface area contributed by atoms with E-state index in [0.717, 1.165) is 10.6 Å². The summed E-state index contributed by atoms with van der Waals surface area (Å²) in [7, 11) is -2.57. The van der Waals surface area contributed by atoms with E-state index in [4.69, 9.17) is 16.3 Å². The van der Waals surface area contributed by atoms with Crippen LogP contribution in [0.25, 0.3) is 0 Å². The maximum atomic E-state index is 13.4. The molecule has 2 rings (SSSR count). The molecule has 0 bridgehead atoms. The summed E-state index contributed by atoms with van der Waals surface area (Å²) < 4.78 is 44.7. The van der Waals surface area contributed by atoms with Gasteiger partial charge in [-0.1, -0.05) is 23.7 Å². The predicted octanol–water partition coefficient (Wildman–Crippen LogP) is 2.81. The molecule has 0 saturated heterocycles. The van der Waals surface area contributed by atoms with Crippen LogP contribution in [0.2, 0.25) is 5.02 Å². The van der Waals surface area contributed by atoms with Crippen LogP contribution < -0.4 is 14.4 Å². The summed E-state index contributed by atoms with van der Waals surface area (Å²) in [5.41, 5.74) is 0.667. The van der Waals surface area contributed by atoms with Crippen LogP contribution >= 0.6 is 11.6 Å². The van der Waals surface area contributed by atoms with Crippen molar-refractivity contribution in [2.24, 2.45) is 0 Å². The van der Waals surface area contributed by atoms with E-state index in [2.05, 4.69) is 5.32 Å². The average Bonchev–Trinajstić information content (AvgIpc) is 2.75. The fourth-order valence-electron chi connectivity index (χ4n) is 3.14. The van der Waals surface area contributed by atoms with E-state index in [1.54, 1.807) is 6.92 Å². The molecular formula is C22H27ClFN3O5S. The zero-order valence-electron chi connectivity index (χ0n) is 18.8. The molecule has 0 spiro atoms. The first-order valence-electron chi connectivity index (χ1n) is 10.1. The number of carbonyl (C=O) groups is 2. The van der Waals surface area contributed by atoms with Crippen molar-refractivity contribution in [2.75, 3.05) is 30.8 Å². The lowest BCUT2D eigenvalue weighted by Crippen LogP contribution is -2.51. The SMILES string of the molecule is CCNC(=O)[C@@H](C)N(Cc1ccc(F)cc1)C(=O)CN(c1cc(Cl)ccc1OC)S(C)(=O)=O. The fourth-order valence-corrected chi connectivity index (χ4v) is 4.16. The van der Waals surface area contributed by atoms with E-state index in [1.165, 1.54) is 61.4 Å². The molecule has 2 aromatic carbocycles. The van der Waals surface area contributed by atoms with E-state index in [-0.39, 0.29) is 23.0 Å². The molecule has 0 aliphatic carbocycles. The predicted molar refractivity (Wildman–Crippen MR) is 125 cm³/mol. The molecule has 8 nitrogen and oxygen atoms in total. The number of anilines is 1. The lowest BCUT2D eigenvalue weighted by Gasteiger charge is -2.31. The molecule has 0 radical (unpaired) electrons. The standard InChI is InChI=1S/C22H27ClFN3O5S/c1-5-25-22(29)15(2)26(13-16-6-9-18(24)10-7-16)21(28)14-27(33(4,30)31)19-12-17(23)8-11-20(19)32-3/h6-12,15H,5,13-14H2,1-4H3,(H,25,29)/t15-/m1/s1. The minimum Gasteiger partial charge on any atom is -0.495 e. The molecule has 2 amide bonds. The van der Waals surface area contributed by atoms with Crippen LogP contribution in [-0.2, 0) is 26.2 Å². The van der Waals surface area contributed by atoms with Crippen LogP contribution in [0, 0.1) is 5.82 Å². The highest BCUT2D eigenvalue weighted by Gasteiger charge is 2.31. The average molecular weight is 500 g/mol. The van der Waals surface area contributed by atoms with E-state index >= 15 is 0 Å². The number of hydrogen-bond acceptors (Lipinski definition) is 5. The number of nitrogens with one attached hydrogen (secondary N) is 1. The highest BCUT2D eigenvalue weighted by molar-refractivity contribution is 7.92. The number of nitrogens with zero attached hydrogens (tertiary/aromatic N) is 2. The first kappa shape index (κ1) is 26.4. The molecule has 0 aliphatic rings. The molecule has 33 heavy (non-hydrogen) atoms. The van der Waals surface area contributed by atoms with Crippen molar-refractivity contribution in [1.82, 2.24) is 10.2 Å². The number of methoxy groups -OCH3 is 1. The normalized spacial score (nSPS) is 12.1. The van der Waals surface area contributed by atoms with Gasteiger partial charge in [0.25, 0.3) is 0 Å². The molecule has 0 aliphatic heterocycles. The van der Waals surface area contributed by atoms with Gasteiger partial charge in [-0.25, -0.2) is 12.8 Å². The Morgan fingerprint density at radius 2 is 1.82 bits per heavy atom. The minimum absolute atomic E-state index is 0.0261. The molecule has 0 aromatic heterocycles. The quantitative estimate of drug-likeness (QED) is 0.542. The second-order valence-electron chi connectivity index (χ2n) is 7.30. The van der Waals surface area contributed by atoms with Gasteiger partial charge in [-0.3, -0.25) is 13.9 Å². The molecule has 0 unspecified atom stereocenters. The number of likely N-dealkylation sites (N-methyl/N-ethyl adjacent to an activating group) is 1. The monoisotopic (exact) mass is 499 g/mol. The summed E-state index contributed by atoms with van der Waals surface area (Å²) in [5, 5.41) is 2.91. The fraction of sp³-hybridized carbons (Fsp3) is 0.364. The number of carbonyl (C=O) groups excluding carboxylic acids is 2. The second-order valence-corrected chi connectivity index (χ2v) is 9.65. The topological polar surface area (TPSA) is 96.0 Å². The summed E-state index contributed by atoms with van der Waals surface area (Å²) in [6.07, 6.45) is 0.957. The molecule has 2 aromatic rings. The van der Waals surface area contributed by atoms with Gasteiger partial charge in [-0.15, -0.1) is 0 Å². The van der Waals surface area contributed by atoms with Crippen LogP contribution in [0.3, 0.4) is 0 Å². The van der Waals surface area contributed by atoms with Crippen molar-refractivity contribution in [1.29, 1.82) is 0 Å². The number of hydrogen-bond donors (Lipinski definition) is 1. The molecule has 180 valence electrons. The second kappa shape index (κ2) is 11.3. The largest absolute Gasteiger partial charge is 0.495 e. The van der Waals surface area contributed by atoms with E-state index in [1.807, 2.05) is 0 Å². The van der Waals surface area contributed by atoms with E-state index in [0.29, 0.717) is 12.1 Å². The highest BCUT2D eigenvalue weighted by Crippen LogP contribution is 2.33. The van der Waals surface area contributed by atoms with Crippen molar-refractivity contribution < 1.29 is 27.1 Å². The lowest BCUT2D eigenvalue weighted by atomic mass is 10.1. The summed E-state index contributed by atoms with van der Waals surface area (Å²) in [6, 6.07) is 8.97. The van der Waals surface area contributed by atoms with Gasteiger partial charge in [0.15, 0.2) is 0 Å². The maximum Gasteiger partial charge on any atom is 0.244 e. The van der Waals surface area contributed by atoms with E-state index in [9.17, 15) is 22.4 Å². The zero-order valence-corrected chi connectivity index (χ0v) is 20.4. The molecule has 0 fully saturated rings. The van der Waals surface area contributed by atoms with Gasteiger partial charge >= 0.3 is 0 Å². The molecule has 1 N–H and O–H groups in total. The number of sulfonamides is 1. The van der Waals surface area contributed by atoms with Crippen LogP contribution in [0.15, 0.2) is 42.5 Å². The number of ether oxygens (including phenoxy) is 1. The van der Waals surface area contributed by atoms with Crippen LogP contribution in [0.4, 0.5) is 10.1 Å². The zero-order chi connectivity index (χ0) is 24.8. The van der Waals surface area contributed by atoms with Crippen LogP contribution in [-0.4, -0.2) is 57.6 Å². The Morgan fingerprint density at radius 3 is 2.36 bits per heavy atom. The number of amides is 2. The van der Waals surface area contributed by atoms with Gasteiger partial charge in [0, 0.05) is 18.1 Å². The summed E-state index contributed by atoms with van der Waals surface area (Å²) >= 11 is 6.06. The first-order valence-corrected chi connectivity index (χ1v) is 12.3. The van der Waals surface area contributed by atoms with Crippen LogP contribution in [0.1, 0.15) is 19.4 Å². The summed E-state index contributed by atoms with van der Waals surface area (Å²) in [6.45, 7) is 3.02. The first-order chi connectivity index (χ1) is 15.5. The third kappa shape index (κ3) is 7.06. The molecular weight excluding hydrogens is 473 g/mol. The summed E-state index contributed by atoms with van der Waals surface area (Å²) in [5.74, 6) is -1.27. The molecule has 0 heterocycles. The van der Waals surface area contributed by atoms with Gasteiger partial charge < -0.3 is 15.0 Å². The van der Waals surface area contributed by atoms with Gasteiger partial charge in [-0.2, -0.15) is 0 Å². The lowest BCUT2D eigenvalue weighted by molar-refractivity contribution is -0.139. The number of rotatable bonds is 10. The van der Waals surface area contributed by atoms with Crippen molar-refractivity contribution in [2.45, 2.75) is 26.4 Å². The Kier molecular flexibility index (Phi) is 9.07. The maximum absolute atomic E-state index is 13.4. The third-order valence-corrected chi connectivity index (χ3v) is 6.23. The Labute approximate surface area is 198 Å². The van der Waals surface area contributed by atoms with Crippen molar-refractivity contribution in [3.8, 4) is 5.75 Å². The number of benzene rings is 2. The number of halogens is 2. The smallest absolute Gasteiger partial charge is 0.244 e. The Balaban J connectivity index is 2.44. The van der Waals surface area contributed by atoms with Crippen molar-refractivity contribution in [3.63, 3.8) is 0 Å².